The van der Waals surface area contributed by atoms with Crippen LogP contribution >= 0.6 is 23.8 Å². The number of hydrogen-bond acceptors (Lipinski definition) is 2. The van der Waals surface area contributed by atoms with Gasteiger partial charge in [0.05, 0.1) is 0 Å². The summed E-state index contributed by atoms with van der Waals surface area (Å²) in [6.45, 7) is -0.789. The van der Waals surface area contributed by atoms with Crippen molar-refractivity contribution in [2.24, 2.45) is 0 Å². The van der Waals surface area contributed by atoms with E-state index in [2.05, 4.69) is 10.3 Å². The summed E-state index contributed by atoms with van der Waals surface area (Å²) in [4.78, 5) is 4.78. The number of hydrogen-bond donors (Lipinski definition) is 1. The summed E-state index contributed by atoms with van der Waals surface area (Å²) in [5, 5.41) is 3.10. The molecule has 0 aliphatic heterocycles. The molecule has 0 aromatic carbocycles. The summed E-state index contributed by atoms with van der Waals surface area (Å²) < 4.78 is 36.4. The number of nitrogens with zero attached hydrogens (tertiary/aromatic N) is 2. The minimum Gasteiger partial charge on any atom is -0.358 e. The lowest BCUT2D eigenvalue weighted by Gasteiger charge is -2.22. The molecule has 0 aliphatic rings. The first-order valence-electron chi connectivity index (χ1n) is 4.94. The highest BCUT2D eigenvalue weighted by atomic mass is 35.5. The van der Waals surface area contributed by atoms with E-state index >= 15 is 0 Å². The van der Waals surface area contributed by atoms with Crippen molar-refractivity contribution in [1.82, 2.24) is 15.2 Å². The standard InChI is InChI=1S/C10H11ClF3N3S/c1-17(6-10(12,13)14)9(18)16-5-7-2-3-8(11)15-4-7/h2-4H,5-6H2,1H3,(H,16,18). The molecule has 8 heteroatoms. The maximum atomic E-state index is 12.1. The smallest absolute Gasteiger partial charge is 0.358 e. The van der Waals surface area contributed by atoms with Crippen LogP contribution in [0.3, 0.4) is 0 Å². The van der Waals surface area contributed by atoms with Crippen molar-refractivity contribution in [2.45, 2.75) is 12.7 Å². The fourth-order valence-electron chi connectivity index (χ4n) is 1.16. The van der Waals surface area contributed by atoms with Crippen molar-refractivity contribution in [3.63, 3.8) is 0 Å². The molecule has 0 saturated heterocycles. The summed E-state index contributed by atoms with van der Waals surface area (Å²) in [7, 11) is 1.28. The van der Waals surface area contributed by atoms with E-state index in [1.807, 2.05) is 0 Å². The Morgan fingerprint density at radius 2 is 2.17 bits per heavy atom. The summed E-state index contributed by atoms with van der Waals surface area (Å²) in [5.41, 5.74) is 0.780. The molecule has 18 heavy (non-hydrogen) atoms. The van der Waals surface area contributed by atoms with Crippen molar-refractivity contribution >= 4 is 28.9 Å². The van der Waals surface area contributed by atoms with Gasteiger partial charge in [0.25, 0.3) is 0 Å². The Morgan fingerprint density at radius 1 is 1.50 bits per heavy atom. The summed E-state index contributed by atoms with van der Waals surface area (Å²) in [5.74, 6) is 0. The largest absolute Gasteiger partial charge is 0.405 e. The molecular formula is C10H11ClF3N3S. The number of halogens is 4. The van der Waals surface area contributed by atoms with E-state index in [9.17, 15) is 13.2 Å². The number of rotatable bonds is 3. The van der Waals surface area contributed by atoms with E-state index in [1.165, 1.54) is 13.2 Å². The van der Waals surface area contributed by atoms with Crippen LogP contribution in [0.5, 0.6) is 0 Å². The van der Waals surface area contributed by atoms with E-state index in [1.54, 1.807) is 12.1 Å². The molecule has 100 valence electrons. The zero-order valence-electron chi connectivity index (χ0n) is 9.46. The van der Waals surface area contributed by atoms with Gasteiger partial charge >= 0.3 is 6.18 Å². The Labute approximate surface area is 113 Å². The summed E-state index contributed by atoms with van der Waals surface area (Å²) >= 11 is 10.4. The van der Waals surface area contributed by atoms with Crippen LogP contribution in [-0.4, -0.2) is 34.8 Å². The first-order chi connectivity index (χ1) is 8.28. The van der Waals surface area contributed by atoms with Gasteiger partial charge in [0, 0.05) is 19.8 Å². The summed E-state index contributed by atoms with van der Waals surface area (Å²) in [6.07, 6.45) is -2.75. The number of aromatic nitrogens is 1. The lowest BCUT2D eigenvalue weighted by atomic mass is 10.3. The topological polar surface area (TPSA) is 28.2 Å². The Morgan fingerprint density at radius 3 is 2.67 bits per heavy atom. The molecule has 0 aliphatic carbocycles. The third-order valence-corrected chi connectivity index (χ3v) is 2.68. The first-order valence-corrected chi connectivity index (χ1v) is 5.73. The highest BCUT2D eigenvalue weighted by Gasteiger charge is 2.30. The second-order valence-electron chi connectivity index (χ2n) is 3.62. The summed E-state index contributed by atoms with van der Waals surface area (Å²) in [6, 6.07) is 3.32. The molecule has 0 amide bonds. The number of thiocarbonyl (C=S) groups is 1. The van der Waals surface area contributed by atoms with Gasteiger partial charge in [-0.1, -0.05) is 17.7 Å². The van der Waals surface area contributed by atoms with E-state index in [0.29, 0.717) is 11.7 Å². The van der Waals surface area contributed by atoms with Crippen LogP contribution < -0.4 is 5.32 Å². The van der Waals surface area contributed by atoms with E-state index in [-0.39, 0.29) is 5.11 Å². The molecule has 3 nitrogen and oxygen atoms in total. The minimum atomic E-state index is -4.28. The van der Waals surface area contributed by atoms with E-state index < -0.39 is 12.7 Å². The SMILES string of the molecule is CN(CC(F)(F)F)C(=S)NCc1ccc(Cl)nc1. The van der Waals surface area contributed by atoms with Gasteiger partial charge in [-0.25, -0.2) is 4.98 Å². The molecule has 1 N–H and O–H groups in total. The van der Waals surface area contributed by atoms with Crippen LogP contribution in [0.15, 0.2) is 18.3 Å². The van der Waals surface area contributed by atoms with Crippen molar-refractivity contribution in [2.75, 3.05) is 13.6 Å². The zero-order valence-corrected chi connectivity index (χ0v) is 11.0. The van der Waals surface area contributed by atoms with Gasteiger partial charge in [-0.2, -0.15) is 13.2 Å². The molecule has 0 saturated carbocycles. The lowest BCUT2D eigenvalue weighted by molar-refractivity contribution is -0.135. The van der Waals surface area contributed by atoms with Gasteiger partial charge in [-0.15, -0.1) is 0 Å². The quantitative estimate of drug-likeness (QED) is 0.686. The van der Waals surface area contributed by atoms with Crippen LogP contribution in [0.25, 0.3) is 0 Å². The van der Waals surface area contributed by atoms with Gasteiger partial charge in [0.15, 0.2) is 5.11 Å². The predicted molar refractivity (Wildman–Crippen MR) is 67.4 cm³/mol. The van der Waals surface area contributed by atoms with Crippen LogP contribution in [0.1, 0.15) is 5.56 Å². The second-order valence-corrected chi connectivity index (χ2v) is 4.39. The monoisotopic (exact) mass is 297 g/mol. The zero-order chi connectivity index (χ0) is 13.8. The van der Waals surface area contributed by atoms with Crippen LogP contribution in [0, 0.1) is 0 Å². The third-order valence-electron chi connectivity index (χ3n) is 2.00. The fourth-order valence-corrected chi connectivity index (χ4v) is 1.41. The van der Waals surface area contributed by atoms with Crippen molar-refractivity contribution in [3.05, 3.63) is 29.0 Å². The number of pyridine rings is 1. The van der Waals surface area contributed by atoms with Crippen LogP contribution in [0.2, 0.25) is 5.15 Å². The Kier molecular flexibility index (Phi) is 5.15. The maximum Gasteiger partial charge on any atom is 0.405 e. The molecule has 0 bridgehead atoms. The average Bonchev–Trinajstić information content (AvgIpc) is 2.25. The highest BCUT2D eigenvalue weighted by Crippen LogP contribution is 2.15. The molecule has 0 spiro atoms. The second kappa shape index (κ2) is 6.19. The molecule has 1 heterocycles. The number of nitrogens with one attached hydrogen (secondary N) is 1. The maximum absolute atomic E-state index is 12.1. The molecular weight excluding hydrogens is 287 g/mol. The van der Waals surface area contributed by atoms with Gasteiger partial charge in [-0.3, -0.25) is 0 Å². The molecule has 0 fully saturated rings. The van der Waals surface area contributed by atoms with Crippen molar-refractivity contribution in [1.29, 1.82) is 0 Å². The minimum absolute atomic E-state index is 0.0299. The molecule has 1 rings (SSSR count). The van der Waals surface area contributed by atoms with Crippen LogP contribution in [-0.2, 0) is 6.54 Å². The van der Waals surface area contributed by atoms with Crippen molar-refractivity contribution < 1.29 is 13.2 Å². The third kappa shape index (κ3) is 5.50. The molecule has 0 atom stereocenters. The van der Waals surface area contributed by atoms with Crippen molar-refractivity contribution in [3.8, 4) is 0 Å². The Hall–Kier alpha value is -1.08. The lowest BCUT2D eigenvalue weighted by Crippen LogP contribution is -2.41. The first kappa shape index (κ1) is 15.0. The number of alkyl halides is 3. The van der Waals surface area contributed by atoms with E-state index in [4.69, 9.17) is 23.8 Å². The predicted octanol–water partition coefficient (Wildman–Crippen LogP) is 2.60. The normalized spacial score (nSPS) is 11.2. The van der Waals surface area contributed by atoms with E-state index in [0.717, 1.165) is 10.5 Å². The van der Waals surface area contributed by atoms with Gasteiger partial charge in [0.1, 0.15) is 11.7 Å². The molecule has 1 aromatic rings. The highest BCUT2D eigenvalue weighted by molar-refractivity contribution is 7.80. The Bertz CT molecular complexity index is 408. The van der Waals surface area contributed by atoms with Gasteiger partial charge < -0.3 is 10.2 Å². The molecule has 0 radical (unpaired) electrons. The van der Waals surface area contributed by atoms with Gasteiger partial charge in [-0.05, 0) is 23.8 Å². The Balaban J connectivity index is 2.43. The molecule has 1 aromatic heterocycles. The fraction of sp³-hybridized carbons (Fsp3) is 0.400. The average molecular weight is 298 g/mol. The molecule has 0 unspecified atom stereocenters. The van der Waals surface area contributed by atoms with Crippen LogP contribution in [0.4, 0.5) is 13.2 Å². The van der Waals surface area contributed by atoms with Gasteiger partial charge in [0.2, 0.25) is 0 Å².